The standard InChI is InChI=1S/C20H30O/c1-13-4-5-14-6-7-15-16-8-9-18(21)19(16,2)11-10-17(15)20(14,3)12-13/h5,13,15-17H,4,6-12H2,1-3H3/t13-,15-,16-,17-,19-,20-/m0/s1. The normalized spacial score (nSPS) is 52.7. The maximum atomic E-state index is 12.4. The molecule has 1 nitrogen and oxygen atoms in total. The zero-order valence-electron chi connectivity index (χ0n) is 14.0. The molecule has 6 atom stereocenters. The van der Waals surface area contributed by atoms with Gasteiger partial charge in [0.25, 0.3) is 0 Å². The van der Waals surface area contributed by atoms with Gasteiger partial charge in [-0.15, -0.1) is 0 Å². The summed E-state index contributed by atoms with van der Waals surface area (Å²) in [5.41, 5.74) is 2.27. The summed E-state index contributed by atoms with van der Waals surface area (Å²) < 4.78 is 0. The van der Waals surface area contributed by atoms with Crippen LogP contribution in [0, 0.1) is 34.5 Å². The van der Waals surface area contributed by atoms with E-state index in [0.29, 0.717) is 17.1 Å². The van der Waals surface area contributed by atoms with Gasteiger partial charge in [0.05, 0.1) is 0 Å². The van der Waals surface area contributed by atoms with Crippen molar-refractivity contribution in [3.63, 3.8) is 0 Å². The van der Waals surface area contributed by atoms with Gasteiger partial charge in [0, 0.05) is 11.8 Å². The van der Waals surface area contributed by atoms with Crippen LogP contribution in [0.2, 0.25) is 0 Å². The predicted molar refractivity (Wildman–Crippen MR) is 85.9 cm³/mol. The van der Waals surface area contributed by atoms with Crippen molar-refractivity contribution >= 4 is 5.78 Å². The van der Waals surface area contributed by atoms with Crippen molar-refractivity contribution in [3.8, 4) is 0 Å². The third-order valence-corrected chi connectivity index (χ3v) is 7.98. The molecule has 0 unspecified atom stereocenters. The van der Waals surface area contributed by atoms with Crippen LogP contribution < -0.4 is 0 Å². The Kier molecular flexibility index (Phi) is 2.98. The minimum Gasteiger partial charge on any atom is -0.299 e. The first-order valence-corrected chi connectivity index (χ1v) is 9.18. The second kappa shape index (κ2) is 4.46. The summed E-state index contributed by atoms with van der Waals surface area (Å²) in [6.07, 6.45) is 12.4. The van der Waals surface area contributed by atoms with Gasteiger partial charge < -0.3 is 0 Å². The molecule has 116 valence electrons. The zero-order valence-corrected chi connectivity index (χ0v) is 14.0. The molecule has 0 spiro atoms. The van der Waals surface area contributed by atoms with Gasteiger partial charge in [-0.05, 0) is 74.0 Å². The molecule has 21 heavy (non-hydrogen) atoms. The smallest absolute Gasteiger partial charge is 0.139 e. The number of hydrogen-bond donors (Lipinski definition) is 0. The fourth-order valence-electron chi connectivity index (χ4n) is 6.87. The molecule has 3 saturated carbocycles. The molecule has 0 amide bonds. The van der Waals surface area contributed by atoms with Crippen molar-refractivity contribution in [2.24, 2.45) is 34.5 Å². The second-order valence-corrected chi connectivity index (χ2v) is 9.03. The summed E-state index contributed by atoms with van der Waals surface area (Å²) in [5.74, 6) is 3.79. The highest BCUT2D eigenvalue weighted by Gasteiger charge is 2.58. The second-order valence-electron chi connectivity index (χ2n) is 9.03. The van der Waals surface area contributed by atoms with E-state index in [1.54, 1.807) is 5.57 Å². The van der Waals surface area contributed by atoms with Crippen LogP contribution in [0.1, 0.15) is 72.1 Å². The molecule has 4 rings (SSSR count). The van der Waals surface area contributed by atoms with Crippen molar-refractivity contribution in [3.05, 3.63) is 11.6 Å². The largest absolute Gasteiger partial charge is 0.299 e. The highest BCUT2D eigenvalue weighted by atomic mass is 16.1. The van der Waals surface area contributed by atoms with Crippen molar-refractivity contribution < 1.29 is 4.79 Å². The summed E-state index contributed by atoms with van der Waals surface area (Å²) in [4.78, 5) is 12.4. The van der Waals surface area contributed by atoms with Crippen LogP contribution in [0.25, 0.3) is 0 Å². The van der Waals surface area contributed by atoms with E-state index < -0.39 is 0 Å². The highest BCUT2D eigenvalue weighted by Crippen LogP contribution is 2.64. The van der Waals surface area contributed by atoms with E-state index in [4.69, 9.17) is 0 Å². The Balaban J connectivity index is 1.70. The Morgan fingerprint density at radius 3 is 2.62 bits per heavy atom. The zero-order chi connectivity index (χ0) is 14.8. The Hall–Kier alpha value is -0.590. The van der Waals surface area contributed by atoms with Crippen LogP contribution in [-0.2, 0) is 4.79 Å². The topological polar surface area (TPSA) is 17.1 Å². The Labute approximate surface area is 129 Å². The summed E-state index contributed by atoms with van der Waals surface area (Å²) >= 11 is 0. The first-order chi connectivity index (χ1) is 9.95. The van der Waals surface area contributed by atoms with Gasteiger partial charge in [-0.2, -0.15) is 0 Å². The lowest BCUT2D eigenvalue weighted by molar-refractivity contribution is -0.132. The lowest BCUT2D eigenvalue weighted by Crippen LogP contribution is -2.50. The monoisotopic (exact) mass is 286 g/mol. The third-order valence-electron chi connectivity index (χ3n) is 7.98. The quantitative estimate of drug-likeness (QED) is 0.562. The number of rotatable bonds is 0. The first kappa shape index (κ1) is 14.0. The number of fused-ring (bicyclic) bond motifs is 5. The lowest BCUT2D eigenvalue weighted by atomic mass is 9.47. The minimum absolute atomic E-state index is 0.0407. The van der Waals surface area contributed by atoms with Crippen molar-refractivity contribution in [1.82, 2.24) is 0 Å². The molecule has 0 aromatic heterocycles. The summed E-state index contributed by atoms with van der Waals surface area (Å²) in [6.45, 7) is 7.28. The van der Waals surface area contributed by atoms with Gasteiger partial charge in [0.2, 0.25) is 0 Å². The van der Waals surface area contributed by atoms with E-state index in [9.17, 15) is 4.79 Å². The number of carbonyl (C=O) groups excluding carboxylic acids is 1. The van der Waals surface area contributed by atoms with Crippen molar-refractivity contribution in [2.75, 3.05) is 0 Å². The van der Waals surface area contributed by atoms with E-state index >= 15 is 0 Å². The van der Waals surface area contributed by atoms with Gasteiger partial charge in [-0.25, -0.2) is 0 Å². The van der Waals surface area contributed by atoms with Crippen LogP contribution >= 0.6 is 0 Å². The first-order valence-electron chi connectivity index (χ1n) is 9.18. The van der Waals surface area contributed by atoms with Crippen LogP contribution in [-0.4, -0.2) is 5.78 Å². The van der Waals surface area contributed by atoms with Gasteiger partial charge in [-0.1, -0.05) is 32.4 Å². The van der Waals surface area contributed by atoms with Crippen LogP contribution in [0.5, 0.6) is 0 Å². The van der Waals surface area contributed by atoms with Crippen LogP contribution in [0.3, 0.4) is 0 Å². The maximum Gasteiger partial charge on any atom is 0.139 e. The lowest BCUT2D eigenvalue weighted by Gasteiger charge is -2.57. The molecule has 0 aromatic rings. The van der Waals surface area contributed by atoms with Gasteiger partial charge in [0.1, 0.15) is 5.78 Å². The van der Waals surface area contributed by atoms with Crippen LogP contribution in [0.4, 0.5) is 0 Å². The number of Topliss-reactive ketones (excluding diaryl/α,β-unsaturated/α-hetero) is 1. The number of allylic oxidation sites excluding steroid dienone is 2. The molecule has 4 aliphatic rings. The molecular weight excluding hydrogens is 256 g/mol. The predicted octanol–water partition coefficient (Wildman–Crippen LogP) is 5.15. The Bertz CT molecular complexity index is 504. The molecule has 0 saturated heterocycles. The molecule has 0 heterocycles. The van der Waals surface area contributed by atoms with Gasteiger partial charge >= 0.3 is 0 Å². The Morgan fingerprint density at radius 2 is 1.81 bits per heavy atom. The Morgan fingerprint density at radius 1 is 1.05 bits per heavy atom. The van der Waals surface area contributed by atoms with Crippen molar-refractivity contribution in [1.29, 1.82) is 0 Å². The van der Waals surface area contributed by atoms with E-state index in [0.717, 1.165) is 30.6 Å². The molecular formula is C20H30O. The molecule has 3 fully saturated rings. The van der Waals surface area contributed by atoms with Crippen molar-refractivity contribution in [2.45, 2.75) is 72.1 Å². The average molecular weight is 286 g/mol. The fraction of sp³-hybridized carbons (Fsp3) is 0.850. The SMILES string of the molecule is C[C@H]1CC=C2CC[C@@H]3[C@H](CC[C@]4(C)C(=O)CC[C@@H]34)[C@@]2(C)C1. The minimum atomic E-state index is 0.0407. The number of ketones is 1. The van der Waals surface area contributed by atoms with E-state index in [2.05, 4.69) is 26.8 Å². The van der Waals surface area contributed by atoms with E-state index in [1.165, 1.54) is 38.5 Å². The molecule has 1 heteroatoms. The van der Waals surface area contributed by atoms with Crippen LogP contribution in [0.15, 0.2) is 11.6 Å². The highest BCUT2D eigenvalue weighted by molar-refractivity contribution is 5.87. The number of hydrogen-bond acceptors (Lipinski definition) is 1. The summed E-state index contributed by atoms with van der Waals surface area (Å²) in [5, 5.41) is 0. The molecule has 0 aliphatic heterocycles. The molecule has 0 bridgehead atoms. The number of carbonyl (C=O) groups is 1. The average Bonchev–Trinajstić information content (AvgIpc) is 2.74. The third kappa shape index (κ3) is 1.79. The van der Waals surface area contributed by atoms with E-state index in [-0.39, 0.29) is 5.41 Å². The molecule has 4 aliphatic carbocycles. The van der Waals surface area contributed by atoms with E-state index in [1.807, 2.05) is 0 Å². The molecule has 0 radical (unpaired) electrons. The summed E-state index contributed by atoms with van der Waals surface area (Å²) in [7, 11) is 0. The molecule has 0 aromatic carbocycles. The molecule has 0 N–H and O–H groups in total. The maximum absolute atomic E-state index is 12.4. The van der Waals surface area contributed by atoms with Gasteiger partial charge in [0.15, 0.2) is 0 Å². The fourth-order valence-corrected chi connectivity index (χ4v) is 6.87. The summed E-state index contributed by atoms with van der Waals surface area (Å²) in [6, 6.07) is 0. The van der Waals surface area contributed by atoms with Gasteiger partial charge in [-0.3, -0.25) is 4.79 Å².